The van der Waals surface area contributed by atoms with Gasteiger partial charge in [-0.3, -0.25) is 14.9 Å². The van der Waals surface area contributed by atoms with Gasteiger partial charge in [-0.25, -0.2) is 4.68 Å². The van der Waals surface area contributed by atoms with E-state index in [9.17, 15) is 14.9 Å². The van der Waals surface area contributed by atoms with E-state index in [4.69, 9.17) is 5.73 Å². The number of aromatic nitrogens is 2. The van der Waals surface area contributed by atoms with E-state index >= 15 is 0 Å². The summed E-state index contributed by atoms with van der Waals surface area (Å²) >= 11 is 3.19. The first kappa shape index (κ1) is 12.2. The van der Waals surface area contributed by atoms with Crippen LogP contribution >= 0.6 is 15.9 Å². The molecule has 0 aliphatic heterocycles. The molecule has 1 heterocycles. The Morgan fingerprint density at radius 1 is 1.50 bits per heavy atom. The molecule has 0 bridgehead atoms. The number of nitrogens with two attached hydrogens (primary N) is 1. The van der Waals surface area contributed by atoms with Gasteiger partial charge in [-0.05, 0) is 28.1 Å². The molecule has 1 aromatic heterocycles. The molecule has 8 heteroatoms. The van der Waals surface area contributed by atoms with Gasteiger partial charge in [0.2, 0.25) is 5.91 Å². The number of hydrogen-bond acceptors (Lipinski definition) is 4. The molecule has 7 nitrogen and oxygen atoms in total. The predicted octanol–water partition coefficient (Wildman–Crippen LogP) is 1.64. The van der Waals surface area contributed by atoms with E-state index in [2.05, 4.69) is 21.0 Å². The number of primary amides is 1. The van der Waals surface area contributed by atoms with Crippen LogP contribution in [0.25, 0.3) is 5.69 Å². The predicted molar refractivity (Wildman–Crippen MR) is 66.4 cm³/mol. The number of rotatable bonds is 3. The second-order valence-corrected chi connectivity index (χ2v) is 4.34. The van der Waals surface area contributed by atoms with Gasteiger partial charge < -0.3 is 5.73 Å². The molecule has 0 saturated carbocycles. The molecule has 0 radical (unpaired) electrons. The minimum Gasteiger partial charge on any atom is -0.366 e. The molecule has 0 atom stereocenters. The zero-order valence-corrected chi connectivity index (χ0v) is 10.5. The molecule has 2 aromatic rings. The van der Waals surface area contributed by atoms with Crippen molar-refractivity contribution >= 4 is 27.5 Å². The van der Waals surface area contributed by atoms with Gasteiger partial charge in [-0.15, -0.1) is 0 Å². The van der Waals surface area contributed by atoms with E-state index in [-0.39, 0.29) is 16.9 Å². The van der Waals surface area contributed by atoms with Crippen molar-refractivity contribution in [2.75, 3.05) is 0 Å². The summed E-state index contributed by atoms with van der Waals surface area (Å²) in [6.07, 6.45) is 3.04. The van der Waals surface area contributed by atoms with Crippen molar-refractivity contribution < 1.29 is 9.72 Å². The van der Waals surface area contributed by atoms with Crippen molar-refractivity contribution in [1.82, 2.24) is 9.78 Å². The highest BCUT2D eigenvalue weighted by Gasteiger charge is 2.18. The summed E-state index contributed by atoms with van der Waals surface area (Å²) in [5, 5.41) is 14.9. The first-order chi connectivity index (χ1) is 8.49. The average molecular weight is 311 g/mol. The summed E-state index contributed by atoms with van der Waals surface area (Å²) in [4.78, 5) is 21.5. The Bertz CT molecular complexity index is 638. The zero-order valence-electron chi connectivity index (χ0n) is 8.91. The highest BCUT2D eigenvalue weighted by molar-refractivity contribution is 9.10. The Balaban J connectivity index is 2.64. The van der Waals surface area contributed by atoms with Crippen LogP contribution in [0.15, 0.2) is 35.1 Å². The van der Waals surface area contributed by atoms with Gasteiger partial charge in [-0.2, -0.15) is 5.10 Å². The molecule has 0 fully saturated rings. The first-order valence-electron chi connectivity index (χ1n) is 4.78. The maximum Gasteiger partial charge on any atom is 0.294 e. The van der Waals surface area contributed by atoms with Crippen LogP contribution in [0.1, 0.15) is 10.4 Å². The van der Waals surface area contributed by atoms with E-state index < -0.39 is 10.8 Å². The summed E-state index contributed by atoms with van der Waals surface area (Å²) in [6.45, 7) is 0. The number of nitro groups is 1. The maximum absolute atomic E-state index is 11.1. The number of amides is 1. The van der Waals surface area contributed by atoms with E-state index in [1.165, 1.54) is 29.1 Å². The fourth-order valence-corrected chi connectivity index (χ4v) is 1.73. The largest absolute Gasteiger partial charge is 0.366 e. The highest BCUT2D eigenvalue weighted by atomic mass is 79.9. The van der Waals surface area contributed by atoms with Crippen LogP contribution in [0.4, 0.5) is 5.69 Å². The summed E-state index contributed by atoms with van der Waals surface area (Å²) in [5.41, 5.74) is 5.35. The van der Waals surface area contributed by atoms with Crippen molar-refractivity contribution in [3.63, 3.8) is 0 Å². The standard InChI is InChI=1S/C10H7BrN4O3/c11-7-4-13-14(5-7)9-3-6(10(12)16)1-2-8(9)15(17)18/h1-5H,(H2,12,16). The van der Waals surface area contributed by atoms with Crippen LogP contribution in [0.5, 0.6) is 0 Å². The lowest BCUT2D eigenvalue weighted by Gasteiger charge is -2.04. The molecule has 0 aliphatic carbocycles. The first-order valence-corrected chi connectivity index (χ1v) is 5.57. The molecule has 92 valence electrons. The molecule has 0 aliphatic rings. The lowest BCUT2D eigenvalue weighted by molar-refractivity contribution is -0.384. The lowest BCUT2D eigenvalue weighted by Crippen LogP contribution is -2.12. The topological polar surface area (TPSA) is 104 Å². The van der Waals surface area contributed by atoms with Crippen LogP contribution in [-0.4, -0.2) is 20.6 Å². The van der Waals surface area contributed by atoms with Crippen LogP contribution in [-0.2, 0) is 0 Å². The van der Waals surface area contributed by atoms with Crippen molar-refractivity contribution in [3.05, 3.63) is 50.7 Å². The molecule has 2 N–H and O–H groups in total. The second-order valence-electron chi connectivity index (χ2n) is 3.43. The number of nitrogens with zero attached hydrogens (tertiary/aromatic N) is 3. The molecular formula is C10H7BrN4O3. The van der Waals surface area contributed by atoms with Crippen LogP contribution in [0.3, 0.4) is 0 Å². The van der Waals surface area contributed by atoms with Crippen molar-refractivity contribution in [2.24, 2.45) is 5.73 Å². The number of nitro benzene ring substituents is 1. The van der Waals surface area contributed by atoms with Crippen LogP contribution in [0.2, 0.25) is 0 Å². The molecule has 2 rings (SSSR count). The maximum atomic E-state index is 11.1. The minimum absolute atomic E-state index is 0.157. The lowest BCUT2D eigenvalue weighted by atomic mass is 10.1. The van der Waals surface area contributed by atoms with Gasteiger partial charge in [0.15, 0.2) is 0 Å². The Kier molecular flexibility index (Phi) is 3.11. The van der Waals surface area contributed by atoms with Crippen molar-refractivity contribution in [1.29, 1.82) is 0 Å². The SMILES string of the molecule is NC(=O)c1ccc([N+](=O)[O-])c(-n2cc(Br)cn2)c1. The number of halogens is 1. The third-order valence-electron chi connectivity index (χ3n) is 2.25. The molecular weight excluding hydrogens is 304 g/mol. The zero-order chi connectivity index (χ0) is 13.3. The number of hydrogen-bond donors (Lipinski definition) is 1. The molecule has 0 saturated heterocycles. The minimum atomic E-state index is -0.655. The Morgan fingerprint density at radius 2 is 2.22 bits per heavy atom. The molecule has 1 amide bonds. The van der Waals surface area contributed by atoms with E-state index in [1.54, 1.807) is 6.20 Å². The van der Waals surface area contributed by atoms with Gasteiger partial charge in [-0.1, -0.05) is 0 Å². The van der Waals surface area contributed by atoms with Gasteiger partial charge >= 0.3 is 0 Å². The monoisotopic (exact) mass is 310 g/mol. The number of carbonyl (C=O) groups excluding carboxylic acids is 1. The average Bonchev–Trinajstić information content (AvgIpc) is 2.74. The molecule has 0 unspecified atom stereocenters. The Labute approximate surface area is 109 Å². The number of benzene rings is 1. The highest BCUT2D eigenvalue weighted by Crippen LogP contribution is 2.24. The molecule has 0 spiro atoms. The fraction of sp³-hybridized carbons (Fsp3) is 0. The third-order valence-corrected chi connectivity index (χ3v) is 2.66. The summed E-state index contributed by atoms with van der Waals surface area (Å²) in [7, 11) is 0. The van der Waals surface area contributed by atoms with Gasteiger partial charge in [0.05, 0.1) is 15.6 Å². The van der Waals surface area contributed by atoms with Gasteiger partial charge in [0, 0.05) is 17.8 Å². The smallest absolute Gasteiger partial charge is 0.294 e. The van der Waals surface area contributed by atoms with Gasteiger partial charge in [0.1, 0.15) is 5.69 Å². The van der Waals surface area contributed by atoms with Crippen LogP contribution in [0, 0.1) is 10.1 Å². The number of carbonyl (C=O) groups is 1. The summed E-state index contributed by atoms with van der Waals surface area (Å²) in [6, 6.07) is 3.87. The molecule has 1 aromatic carbocycles. The summed E-state index contributed by atoms with van der Waals surface area (Å²) in [5.74, 6) is -0.655. The van der Waals surface area contributed by atoms with Crippen LogP contribution < -0.4 is 5.73 Å². The van der Waals surface area contributed by atoms with E-state index in [0.717, 1.165) is 0 Å². The fourth-order valence-electron chi connectivity index (χ4n) is 1.45. The second kappa shape index (κ2) is 4.57. The van der Waals surface area contributed by atoms with E-state index in [0.29, 0.717) is 4.47 Å². The molecule has 18 heavy (non-hydrogen) atoms. The van der Waals surface area contributed by atoms with Crippen molar-refractivity contribution in [3.8, 4) is 5.69 Å². The van der Waals surface area contributed by atoms with Gasteiger partial charge in [0.25, 0.3) is 5.69 Å². The Morgan fingerprint density at radius 3 is 2.72 bits per heavy atom. The van der Waals surface area contributed by atoms with Crippen molar-refractivity contribution in [2.45, 2.75) is 0 Å². The Hall–Kier alpha value is -2.22. The van der Waals surface area contributed by atoms with E-state index in [1.807, 2.05) is 0 Å². The summed E-state index contributed by atoms with van der Waals surface area (Å²) < 4.78 is 1.97. The quantitative estimate of drug-likeness (QED) is 0.687. The normalized spacial score (nSPS) is 10.3. The third kappa shape index (κ3) is 2.23.